The smallest absolute Gasteiger partial charge is 0.408 e. The van der Waals surface area contributed by atoms with Gasteiger partial charge in [-0.25, -0.2) is 28.8 Å². The van der Waals surface area contributed by atoms with Crippen LogP contribution in [-0.4, -0.2) is 87.9 Å². The number of amides is 3. The van der Waals surface area contributed by atoms with Crippen LogP contribution in [0, 0.1) is 17.8 Å². The number of carboxylic acid groups (broad SMARTS) is 1. The number of aliphatic carboxylic acids is 1. The first-order chi connectivity index (χ1) is 23.7. The van der Waals surface area contributed by atoms with Crippen LogP contribution >= 0.6 is 0 Å². The summed E-state index contributed by atoms with van der Waals surface area (Å²) in [6.45, 7) is 30.6. The maximum atomic E-state index is 11.9. The molecule has 0 bridgehead atoms. The van der Waals surface area contributed by atoms with E-state index in [1.54, 1.807) is 88.3 Å². The summed E-state index contributed by atoms with van der Waals surface area (Å²) >= 11 is 0. The molecule has 3 aliphatic rings. The number of hydrogen-bond acceptors (Lipinski definition) is 11. The van der Waals surface area contributed by atoms with E-state index in [0.29, 0.717) is 19.3 Å². The largest absolute Gasteiger partial charge is 0.479 e. The number of rotatable bonds is 11. The van der Waals surface area contributed by atoms with Crippen LogP contribution in [0.1, 0.15) is 95.4 Å². The number of carboxylic acids is 1. The second-order valence-electron chi connectivity index (χ2n) is 15.7. The fraction of sp³-hybridized carbons (Fsp3) is 0.676. The molecule has 294 valence electrons. The maximum Gasteiger partial charge on any atom is 0.408 e. The first-order valence-corrected chi connectivity index (χ1v) is 17.2. The van der Waals surface area contributed by atoms with Crippen LogP contribution in [-0.2, 0) is 38.1 Å². The summed E-state index contributed by atoms with van der Waals surface area (Å²) in [7, 11) is 0. The quantitative estimate of drug-likeness (QED) is 0.117. The Morgan fingerprint density at radius 2 is 0.827 bits per heavy atom. The number of ether oxygens (including phenoxy) is 5. The highest BCUT2D eigenvalue weighted by atomic mass is 16.6. The van der Waals surface area contributed by atoms with E-state index in [1.807, 2.05) is 0 Å². The maximum absolute atomic E-state index is 11.9. The van der Waals surface area contributed by atoms with Gasteiger partial charge in [-0.05, 0) is 95.4 Å². The van der Waals surface area contributed by atoms with E-state index in [4.69, 9.17) is 28.8 Å². The van der Waals surface area contributed by atoms with Gasteiger partial charge in [0.05, 0.1) is 13.2 Å². The molecule has 52 heavy (non-hydrogen) atoms. The molecule has 0 aliphatic heterocycles. The monoisotopic (exact) mass is 737 g/mol. The van der Waals surface area contributed by atoms with E-state index in [0.717, 1.165) is 0 Å². The Morgan fingerprint density at radius 1 is 0.577 bits per heavy atom. The Labute approximate surface area is 307 Å². The molecule has 4 N–H and O–H groups in total. The van der Waals surface area contributed by atoms with Crippen LogP contribution in [0.15, 0.2) is 38.0 Å². The van der Waals surface area contributed by atoms with Crippen LogP contribution in [0.25, 0.3) is 0 Å². The van der Waals surface area contributed by atoms with Crippen molar-refractivity contribution in [3.63, 3.8) is 0 Å². The minimum Gasteiger partial charge on any atom is -0.479 e. The van der Waals surface area contributed by atoms with Gasteiger partial charge in [-0.2, -0.15) is 0 Å². The van der Waals surface area contributed by atoms with Crippen molar-refractivity contribution >= 4 is 36.2 Å². The zero-order valence-corrected chi connectivity index (χ0v) is 32.6. The molecule has 3 aliphatic carbocycles. The molecular weight excluding hydrogens is 678 g/mol. The minimum absolute atomic E-state index is 0.0935. The lowest BCUT2D eigenvalue weighted by molar-refractivity contribution is -0.148. The summed E-state index contributed by atoms with van der Waals surface area (Å²) in [5.41, 5.74) is -5.02. The number of nitrogens with one attached hydrogen (secondary N) is 3. The second kappa shape index (κ2) is 17.3. The van der Waals surface area contributed by atoms with E-state index in [-0.39, 0.29) is 31.0 Å². The summed E-state index contributed by atoms with van der Waals surface area (Å²) in [5.74, 6) is -2.32. The van der Waals surface area contributed by atoms with Gasteiger partial charge in [0.1, 0.15) is 33.4 Å². The Morgan fingerprint density at radius 3 is 1.02 bits per heavy atom. The van der Waals surface area contributed by atoms with Crippen molar-refractivity contribution < 1.29 is 57.6 Å². The van der Waals surface area contributed by atoms with E-state index >= 15 is 0 Å². The molecule has 15 heteroatoms. The topological polar surface area (TPSA) is 205 Å². The molecule has 3 fully saturated rings. The van der Waals surface area contributed by atoms with Gasteiger partial charge in [0.2, 0.25) is 0 Å². The number of carbonyl (C=O) groups is 6. The average molecular weight is 738 g/mol. The number of carbonyl (C=O) groups excluding carboxylic acids is 5. The SMILES string of the molecule is C=C[C@@H]1C[C@]1(NC(=O)OC(C)(C)C)C(=O)OCC.C=C[C@H]1C[C@@]1(NC(=O)OC(C)(C)C)C(=O)O.C=C[C@H]1C[C@@]1(NC(=O)OC(C)(C)C)C(=O)OCC. The second-order valence-corrected chi connectivity index (χ2v) is 15.7. The van der Waals surface area contributed by atoms with Gasteiger partial charge in [0.15, 0.2) is 0 Å². The van der Waals surface area contributed by atoms with Crippen molar-refractivity contribution in [3.05, 3.63) is 38.0 Å². The lowest BCUT2D eigenvalue weighted by atomic mass is 10.2. The highest BCUT2D eigenvalue weighted by molar-refractivity contribution is 5.91. The molecule has 0 aromatic rings. The van der Waals surface area contributed by atoms with Gasteiger partial charge >= 0.3 is 36.2 Å². The highest BCUT2D eigenvalue weighted by Gasteiger charge is 2.63. The summed E-state index contributed by atoms with van der Waals surface area (Å²) in [4.78, 5) is 69.6. The summed E-state index contributed by atoms with van der Waals surface area (Å²) in [6.07, 6.45) is 4.28. The minimum atomic E-state index is -1.22. The molecule has 0 saturated heterocycles. The zero-order valence-electron chi connectivity index (χ0n) is 32.6. The number of hydrogen-bond donors (Lipinski definition) is 4. The molecule has 3 saturated carbocycles. The molecule has 0 heterocycles. The molecule has 0 aromatic heterocycles. The van der Waals surface area contributed by atoms with E-state index < -0.39 is 69.6 Å². The third kappa shape index (κ3) is 13.2. The van der Waals surface area contributed by atoms with Gasteiger partial charge < -0.3 is 44.7 Å². The average Bonchev–Trinajstić information content (AvgIpc) is 3.90. The van der Waals surface area contributed by atoms with Gasteiger partial charge in [0, 0.05) is 17.8 Å². The van der Waals surface area contributed by atoms with Crippen LogP contribution < -0.4 is 16.0 Å². The highest BCUT2D eigenvalue weighted by Crippen LogP contribution is 2.47. The van der Waals surface area contributed by atoms with Crippen molar-refractivity contribution in [2.45, 2.75) is 129 Å². The van der Waals surface area contributed by atoms with Crippen molar-refractivity contribution in [1.29, 1.82) is 0 Å². The van der Waals surface area contributed by atoms with E-state index in [9.17, 15) is 28.8 Å². The Hall–Kier alpha value is -4.56. The zero-order chi connectivity index (χ0) is 40.5. The lowest BCUT2D eigenvalue weighted by Gasteiger charge is -2.23. The third-order valence-electron chi connectivity index (χ3n) is 7.73. The fourth-order valence-electron chi connectivity index (χ4n) is 5.00. The number of alkyl carbamates (subject to hydrolysis) is 3. The third-order valence-corrected chi connectivity index (χ3v) is 7.73. The predicted molar refractivity (Wildman–Crippen MR) is 192 cm³/mol. The summed E-state index contributed by atoms with van der Waals surface area (Å²) in [5, 5.41) is 16.6. The molecule has 3 amide bonds. The van der Waals surface area contributed by atoms with Crippen molar-refractivity contribution in [2.24, 2.45) is 17.8 Å². The normalized spacial score (nSPS) is 26.7. The van der Waals surface area contributed by atoms with E-state index in [2.05, 4.69) is 35.7 Å². The van der Waals surface area contributed by atoms with Crippen molar-refractivity contribution in [3.8, 4) is 0 Å². The Bertz CT molecular complexity index is 1300. The predicted octanol–water partition coefficient (Wildman–Crippen LogP) is 5.58. The van der Waals surface area contributed by atoms with Crippen molar-refractivity contribution in [1.82, 2.24) is 16.0 Å². The molecule has 3 rings (SSSR count). The molecule has 6 atom stereocenters. The summed E-state index contributed by atoms with van der Waals surface area (Å²) < 4.78 is 25.2. The van der Waals surface area contributed by atoms with E-state index in [1.165, 1.54) is 6.08 Å². The molecule has 0 radical (unpaired) electrons. The van der Waals surface area contributed by atoms with Crippen LogP contribution in [0.4, 0.5) is 14.4 Å². The molecule has 0 spiro atoms. The first kappa shape index (κ1) is 45.5. The van der Waals surface area contributed by atoms with Gasteiger partial charge in [-0.1, -0.05) is 18.2 Å². The first-order valence-electron chi connectivity index (χ1n) is 17.2. The van der Waals surface area contributed by atoms with Crippen LogP contribution in [0.5, 0.6) is 0 Å². The van der Waals surface area contributed by atoms with Gasteiger partial charge in [0.25, 0.3) is 0 Å². The molecular formula is C37H59N3O12. The van der Waals surface area contributed by atoms with Crippen LogP contribution in [0.3, 0.4) is 0 Å². The standard InChI is InChI=1S/2C13H21NO4.C11H17NO4/c2*1-6-9-8-13(9,10(15)17-7-2)14-11(16)18-12(3,4)5;1-5-7-6-11(7,8(13)14)12-9(15)16-10(2,3)4/h2*6,9H,1,7-8H2,2-5H3,(H,14,16);5,7H,1,6H2,2-4H3,(H,12,15)(H,13,14)/t2*9-,13-;7-,11-/m100/s1. The van der Waals surface area contributed by atoms with Gasteiger partial charge in [-0.3, -0.25) is 0 Å². The molecule has 0 unspecified atom stereocenters. The Kier molecular flexibility index (Phi) is 15.1. The molecule has 0 aromatic carbocycles. The van der Waals surface area contributed by atoms with Gasteiger partial charge in [-0.15, -0.1) is 19.7 Å². The van der Waals surface area contributed by atoms with Crippen LogP contribution in [0.2, 0.25) is 0 Å². The Balaban J connectivity index is 0.000000391. The van der Waals surface area contributed by atoms with Crippen molar-refractivity contribution in [2.75, 3.05) is 13.2 Å². The summed E-state index contributed by atoms with van der Waals surface area (Å²) in [6, 6.07) is 0. The fourth-order valence-corrected chi connectivity index (χ4v) is 5.00. The lowest BCUT2D eigenvalue weighted by Crippen LogP contribution is -2.47. The molecule has 15 nitrogen and oxygen atoms in total. The number of esters is 2.